The second kappa shape index (κ2) is 6.36. The van der Waals surface area contributed by atoms with Crippen LogP contribution in [-0.4, -0.2) is 32.9 Å². The minimum Gasteiger partial charge on any atom is -0.382 e. The summed E-state index contributed by atoms with van der Waals surface area (Å²) in [5, 5.41) is 3.55. The van der Waals surface area contributed by atoms with E-state index in [1.807, 2.05) is 12.1 Å². The molecule has 1 fully saturated rings. The molecule has 1 aromatic carbocycles. The molecule has 21 heavy (non-hydrogen) atoms. The number of rotatable bonds is 5. The Morgan fingerprint density at radius 1 is 1.19 bits per heavy atom. The van der Waals surface area contributed by atoms with Crippen molar-refractivity contribution in [1.82, 2.24) is 4.31 Å². The van der Waals surface area contributed by atoms with Crippen LogP contribution in [0.25, 0.3) is 0 Å². The number of sulfonamides is 1. The summed E-state index contributed by atoms with van der Waals surface area (Å²) in [6.45, 7) is 4.56. The molecule has 3 unspecified atom stereocenters. The molecule has 3 atom stereocenters. The van der Waals surface area contributed by atoms with Crippen molar-refractivity contribution in [2.24, 2.45) is 11.8 Å². The van der Waals surface area contributed by atoms with Crippen molar-refractivity contribution in [3.05, 3.63) is 24.3 Å². The molecule has 0 amide bonds. The first-order valence-corrected chi connectivity index (χ1v) is 9.09. The molecule has 0 aliphatic heterocycles. The summed E-state index contributed by atoms with van der Waals surface area (Å²) in [4.78, 5) is 0.337. The summed E-state index contributed by atoms with van der Waals surface area (Å²) >= 11 is 0. The van der Waals surface area contributed by atoms with Gasteiger partial charge in [-0.15, -0.1) is 0 Å². The van der Waals surface area contributed by atoms with E-state index >= 15 is 0 Å². The monoisotopic (exact) mass is 310 g/mol. The van der Waals surface area contributed by atoms with Gasteiger partial charge in [0.15, 0.2) is 0 Å². The molecule has 1 saturated carbocycles. The van der Waals surface area contributed by atoms with Gasteiger partial charge in [0, 0.05) is 25.8 Å². The van der Waals surface area contributed by atoms with Crippen LogP contribution in [0.3, 0.4) is 0 Å². The molecule has 0 saturated heterocycles. The zero-order valence-corrected chi connectivity index (χ0v) is 14.2. The van der Waals surface area contributed by atoms with Gasteiger partial charge in [0.1, 0.15) is 0 Å². The van der Waals surface area contributed by atoms with Gasteiger partial charge < -0.3 is 5.32 Å². The van der Waals surface area contributed by atoms with Gasteiger partial charge in [0.25, 0.3) is 0 Å². The van der Waals surface area contributed by atoms with E-state index in [1.165, 1.54) is 23.6 Å². The first kappa shape index (κ1) is 16.3. The van der Waals surface area contributed by atoms with Crippen LogP contribution in [0.2, 0.25) is 0 Å². The molecule has 1 aromatic rings. The Morgan fingerprint density at radius 2 is 1.81 bits per heavy atom. The number of benzene rings is 1. The fourth-order valence-electron chi connectivity index (χ4n) is 3.18. The maximum Gasteiger partial charge on any atom is 0.242 e. The first-order chi connectivity index (χ1) is 9.86. The third-order valence-electron chi connectivity index (χ3n) is 4.74. The average Bonchev–Trinajstić information content (AvgIpc) is 2.80. The summed E-state index contributed by atoms with van der Waals surface area (Å²) in [6, 6.07) is 7.57. The van der Waals surface area contributed by atoms with Gasteiger partial charge in [-0.2, -0.15) is 0 Å². The summed E-state index contributed by atoms with van der Waals surface area (Å²) in [6.07, 6.45) is 3.71. The van der Waals surface area contributed by atoms with E-state index in [4.69, 9.17) is 0 Å². The van der Waals surface area contributed by atoms with Crippen molar-refractivity contribution in [1.29, 1.82) is 0 Å². The fourth-order valence-corrected chi connectivity index (χ4v) is 4.08. The molecule has 0 spiro atoms. The quantitative estimate of drug-likeness (QED) is 0.909. The van der Waals surface area contributed by atoms with Crippen LogP contribution in [0.15, 0.2) is 29.2 Å². The summed E-state index contributed by atoms with van der Waals surface area (Å²) in [7, 11) is -0.242. The van der Waals surface area contributed by atoms with Gasteiger partial charge in [-0.3, -0.25) is 0 Å². The largest absolute Gasteiger partial charge is 0.382 e. The van der Waals surface area contributed by atoms with Gasteiger partial charge in [-0.25, -0.2) is 12.7 Å². The molecule has 1 aliphatic carbocycles. The fraction of sp³-hybridized carbons (Fsp3) is 0.625. The van der Waals surface area contributed by atoms with Crippen molar-refractivity contribution < 1.29 is 8.42 Å². The van der Waals surface area contributed by atoms with Crippen molar-refractivity contribution in [2.75, 3.05) is 19.4 Å². The summed E-state index contributed by atoms with van der Waals surface area (Å²) < 4.78 is 25.3. The number of anilines is 1. The Balaban J connectivity index is 2.07. The van der Waals surface area contributed by atoms with Crippen molar-refractivity contribution in [2.45, 2.75) is 44.0 Å². The number of nitrogens with one attached hydrogen (secondary N) is 1. The van der Waals surface area contributed by atoms with E-state index in [0.29, 0.717) is 16.9 Å². The van der Waals surface area contributed by atoms with E-state index in [0.717, 1.165) is 11.6 Å². The van der Waals surface area contributed by atoms with Crippen molar-refractivity contribution in [3.8, 4) is 0 Å². The van der Waals surface area contributed by atoms with Gasteiger partial charge in [-0.05, 0) is 48.9 Å². The third-order valence-corrected chi connectivity index (χ3v) is 6.57. The Kier molecular flexibility index (Phi) is 4.94. The smallest absolute Gasteiger partial charge is 0.242 e. The number of hydrogen-bond donors (Lipinski definition) is 1. The van der Waals surface area contributed by atoms with E-state index in [9.17, 15) is 8.42 Å². The lowest BCUT2D eigenvalue weighted by molar-refractivity contribution is 0.392. The topological polar surface area (TPSA) is 49.4 Å². The zero-order valence-electron chi connectivity index (χ0n) is 13.3. The number of nitrogens with zero attached hydrogens (tertiary/aromatic N) is 1. The van der Waals surface area contributed by atoms with Gasteiger partial charge in [-0.1, -0.05) is 20.3 Å². The van der Waals surface area contributed by atoms with Crippen LogP contribution in [-0.2, 0) is 10.0 Å². The molecule has 0 aromatic heterocycles. The Labute approximate surface area is 128 Å². The highest BCUT2D eigenvalue weighted by atomic mass is 32.2. The molecule has 1 N–H and O–H groups in total. The molecule has 118 valence electrons. The molecule has 2 rings (SSSR count). The van der Waals surface area contributed by atoms with Gasteiger partial charge >= 0.3 is 0 Å². The predicted molar refractivity (Wildman–Crippen MR) is 86.9 cm³/mol. The average molecular weight is 310 g/mol. The molecule has 1 aliphatic rings. The lowest BCUT2D eigenvalue weighted by Crippen LogP contribution is -2.25. The summed E-state index contributed by atoms with van der Waals surface area (Å²) in [5.41, 5.74) is 1.00. The highest BCUT2D eigenvalue weighted by Gasteiger charge is 2.31. The lowest BCUT2D eigenvalue weighted by Gasteiger charge is -2.22. The molecular formula is C16H26N2O2S. The molecule has 0 radical (unpaired) electrons. The Morgan fingerprint density at radius 3 is 2.29 bits per heavy atom. The van der Waals surface area contributed by atoms with Gasteiger partial charge in [0.2, 0.25) is 10.0 Å². The zero-order chi connectivity index (χ0) is 15.6. The predicted octanol–water partition coefficient (Wildman–Crippen LogP) is 3.17. The van der Waals surface area contributed by atoms with Crippen molar-refractivity contribution >= 4 is 15.7 Å². The van der Waals surface area contributed by atoms with Crippen LogP contribution in [0.1, 0.15) is 33.1 Å². The van der Waals surface area contributed by atoms with E-state index in [-0.39, 0.29) is 0 Å². The van der Waals surface area contributed by atoms with E-state index in [1.54, 1.807) is 26.2 Å². The highest BCUT2D eigenvalue weighted by Crippen LogP contribution is 2.35. The van der Waals surface area contributed by atoms with Gasteiger partial charge in [0.05, 0.1) is 4.90 Å². The second-order valence-electron chi connectivity index (χ2n) is 6.17. The minimum absolute atomic E-state index is 0.337. The maximum absolute atomic E-state index is 12.0. The normalized spacial score (nSPS) is 26.2. The molecule has 0 bridgehead atoms. The number of hydrogen-bond acceptors (Lipinski definition) is 3. The highest BCUT2D eigenvalue weighted by molar-refractivity contribution is 7.89. The van der Waals surface area contributed by atoms with Crippen LogP contribution in [0, 0.1) is 11.8 Å². The Bertz CT molecular complexity index is 566. The van der Waals surface area contributed by atoms with E-state index in [2.05, 4.69) is 19.2 Å². The third kappa shape index (κ3) is 3.40. The molecule has 0 heterocycles. The molecule has 5 heteroatoms. The molecular weight excluding hydrogens is 284 g/mol. The first-order valence-electron chi connectivity index (χ1n) is 7.65. The molecule has 4 nitrogen and oxygen atoms in total. The van der Waals surface area contributed by atoms with Crippen LogP contribution in [0.5, 0.6) is 0 Å². The summed E-state index contributed by atoms with van der Waals surface area (Å²) in [5.74, 6) is 1.47. The Hall–Kier alpha value is -1.07. The van der Waals surface area contributed by atoms with Crippen molar-refractivity contribution in [3.63, 3.8) is 0 Å². The SMILES string of the molecule is CCC1CCC(Nc2ccc(S(=O)(=O)N(C)C)cc2)C1C. The second-order valence-corrected chi connectivity index (χ2v) is 8.32. The minimum atomic E-state index is -3.34. The maximum atomic E-state index is 12.0. The van der Waals surface area contributed by atoms with Crippen LogP contribution >= 0.6 is 0 Å². The van der Waals surface area contributed by atoms with Crippen LogP contribution < -0.4 is 5.32 Å². The van der Waals surface area contributed by atoms with E-state index < -0.39 is 10.0 Å². The van der Waals surface area contributed by atoms with Crippen LogP contribution in [0.4, 0.5) is 5.69 Å². The standard InChI is InChI=1S/C16H26N2O2S/c1-5-13-6-11-16(12(13)2)17-14-7-9-15(10-8-14)21(19,20)18(3)4/h7-10,12-13,16-17H,5-6,11H2,1-4H3. The lowest BCUT2D eigenvalue weighted by atomic mass is 9.93.